The van der Waals surface area contributed by atoms with Gasteiger partial charge < -0.3 is 15.0 Å². The van der Waals surface area contributed by atoms with E-state index in [1.807, 2.05) is 12.3 Å². The number of aryl methyl sites for hydroxylation is 1. The molecule has 0 spiro atoms. The second kappa shape index (κ2) is 9.89. The molecule has 3 aliphatic heterocycles. The topological polar surface area (TPSA) is 79.5 Å². The van der Waals surface area contributed by atoms with Crippen molar-refractivity contribution in [3.63, 3.8) is 0 Å². The predicted octanol–water partition coefficient (Wildman–Crippen LogP) is 3.52. The van der Waals surface area contributed by atoms with Crippen molar-refractivity contribution >= 4 is 5.57 Å². The number of aromatic hydroxyl groups is 1. The number of aromatic amines is 1. The molecule has 0 radical (unpaired) electrons. The molecule has 2 saturated heterocycles. The van der Waals surface area contributed by atoms with Crippen LogP contribution in [0, 0.1) is 5.92 Å². The number of alkyl halides is 1. The molecule has 4 aliphatic rings. The molecule has 7 nitrogen and oxygen atoms in total. The molecule has 5 atom stereocenters. The Bertz CT molecular complexity index is 1110. The van der Waals surface area contributed by atoms with Crippen molar-refractivity contribution in [1.82, 2.24) is 30.6 Å². The van der Waals surface area contributed by atoms with Gasteiger partial charge in [0.2, 0.25) is 0 Å². The number of nitrogens with one attached hydrogen (secondary N) is 3. The molecule has 4 heterocycles. The third-order valence-electron chi connectivity index (χ3n) is 9.13. The zero-order chi connectivity index (χ0) is 24.8. The number of fused-ring (bicyclic) bond motifs is 1. The number of hydrogen-bond acceptors (Lipinski definition) is 6. The lowest BCUT2D eigenvalue weighted by atomic mass is 9.71. The van der Waals surface area contributed by atoms with Gasteiger partial charge in [0.05, 0.1) is 24.0 Å². The number of hydrazine groups is 1. The Morgan fingerprint density at radius 2 is 1.97 bits per heavy atom. The minimum absolute atomic E-state index is 0.0274. The van der Waals surface area contributed by atoms with Gasteiger partial charge in [-0.15, -0.1) is 0 Å². The molecule has 1 aromatic carbocycles. The van der Waals surface area contributed by atoms with E-state index in [0.29, 0.717) is 6.04 Å². The average Bonchev–Trinajstić information content (AvgIpc) is 3.64. The van der Waals surface area contributed by atoms with Gasteiger partial charge in [-0.2, -0.15) is 0 Å². The SMILES string of the molecule is CCc1cc(O)ccc1C1CCC2C(c3ncc(C4=CCN(C5CCN(C)CC5)C4)[nH]3)NNC2C1F. The lowest BCUT2D eigenvalue weighted by Gasteiger charge is -2.36. The number of H-pyrrole nitrogens is 1. The Morgan fingerprint density at radius 3 is 2.78 bits per heavy atom. The Hall–Kier alpha value is -2.26. The summed E-state index contributed by atoms with van der Waals surface area (Å²) in [4.78, 5) is 13.3. The number of phenolic OH excluding ortho intramolecular Hbond substituents is 1. The van der Waals surface area contributed by atoms with Crippen LogP contribution in [-0.2, 0) is 6.42 Å². The number of phenols is 1. The van der Waals surface area contributed by atoms with Crippen molar-refractivity contribution in [2.45, 2.75) is 69.2 Å². The molecule has 2 aromatic rings. The van der Waals surface area contributed by atoms with E-state index in [9.17, 15) is 5.11 Å². The smallest absolute Gasteiger partial charge is 0.125 e. The lowest BCUT2D eigenvalue weighted by Crippen LogP contribution is -2.45. The fourth-order valence-electron chi connectivity index (χ4n) is 6.98. The maximum absolute atomic E-state index is 15.9. The number of hydrogen-bond donors (Lipinski definition) is 4. The first-order chi connectivity index (χ1) is 17.5. The van der Waals surface area contributed by atoms with Crippen LogP contribution in [0.3, 0.4) is 0 Å². The first kappa shape index (κ1) is 24.1. The number of nitrogens with zero attached hydrogens (tertiary/aromatic N) is 3. The monoisotopic (exact) mass is 494 g/mol. The van der Waals surface area contributed by atoms with Crippen LogP contribution in [0.2, 0.25) is 0 Å². The van der Waals surface area contributed by atoms with Crippen LogP contribution in [0.4, 0.5) is 4.39 Å². The molecule has 194 valence electrons. The highest BCUT2D eigenvalue weighted by Crippen LogP contribution is 2.45. The quantitative estimate of drug-likeness (QED) is 0.510. The number of aromatic nitrogens is 2. The highest BCUT2D eigenvalue weighted by molar-refractivity contribution is 5.66. The normalized spacial score (nSPS) is 32.1. The number of benzene rings is 1. The molecular weight excluding hydrogens is 455 g/mol. The van der Waals surface area contributed by atoms with Crippen LogP contribution >= 0.6 is 0 Å². The molecule has 0 amide bonds. The maximum Gasteiger partial charge on any atom is 0.125 e. The van der Waals surface area contributed by atoms with Crippen molar-refractivity contribution in [2.75, 3.05) is 33.2 Å². The lowest BCUT2D eigenvalue weighted by molar-refractivity contribution is 0.135. The highest BCUT2D eigenvalue weighted by atomic mass is 19.1. The fourth-order valence-corrected chi connectivity index (χ4v) is 6.98. The van der Waals surface area contributed by atoms with Gasteiger partial charge in [0, 0.05) is 31.0 Å². The van der Waals surface area contributed by atoms with Gasteiger partial charge >= 0.3 is 0 Å². The molecule has 4 N–H and O–H groups in total. The van der Waals surface area contributed by atoms with Gasteiger partial charge in [-0.25, -0.2) is 14.8 Å². The Balaban J connectivity index is 1.12. The van der Waals surface area contributed by atoms with Crippen molar-refractivity contribution in [3.8, 4) is 5.75 Å². The first-order valence-electron chi connectivity index (χ1n) is 13.7. The molecule has 1 saturated carbocycles. The van der Waals surface area contributed by atoms with Crippen LogP contribution in [0.1, 0.15) is 67.2 Å². The number of imidazole rings is 1. The molecule has 1 aromatic heterocycles. The summed E-state index contributed by atoms with van der Waals surface area (Å²) in [5, 5.41) is 9.88. The van der Waals surface area contributed by atoms with Gasteiger partial charge in [-0.05, 0) is 81.1 Å². The van der Waals surface area contributed by atoms with Gasteiger partial charge in [-0.3, -0.25) is 10.3 Å². The summed E-state index contributed by atoms with van der Waals surface area (Å²) in [6.07, 6.45) is 8.28. The average molecular weight is 495 g/mol. The number of rotatable bonds is 5. The van der Waals surface area contributed by atoms with Crippen molar-refractivity contribution < 1.29 is 9.50 Å². The zero-order valence-electron chi connectivity index (χ0n) is 21.4. The van der Waals surface area contributed by atoms with Gasteiger partial charge in [0.15, 0.2) is 0 Å². The second-order valence-corrected chi connectivity index (χ2v) is 11.2. The largest absolute Gasteiger partial charge is 0.508 e. The summed E-state index contributed by atoms with van der Waals surface area (Å²) in [6, 6.07) is 5.76. The zero-order valence-corrected chi connectivity index (χ0v) is 21.4. The summed E-state index contributed by atoms with van der Waals surface area (Å²) in [5.41, 5.74) is 11.1. The summed E-state index contributed by atoms with van der Waals surface area (Å²) in [6.45, 7) is 6.39. The predicted molar refractivity (Wildman–Crippen MR) is 139 cm³/mol. The van der Waals surface area contributed by atoms with E-state index in [2.05, 4.69) is 45.7 Å². The van der Waals surface area contributed by atoms with E-state index in [4.69, 9.17) is 4.98 Å². The Kier molecular flexibility index (Phi) is 6.62. The molecule has 8 heteroatoms. The number of halogens is 1. The maximum atomic E-state index is 15.9. The highest BCUT2D eigenvalue weighted by Gasteiger charge is 2.48. The molecule has 0 bridgehead atoms. The van der Waals surface area contributed by atoms with E-state index in [1.54, 1.807) is 12.1 Å². The summed E-state index contributed by atoms with van der Waals surface area (Å²) < 4.78 is 15.9. The minimum Gasteiger partial charge on any atom is -0.508 e. The fraction of sp³-hybridized carbons (Fsp3) is 0.607. The van der Waals surface area contributed by atoms with E-state index in [0.717, 1.165) is 55.0 Å². The van der Waals surface area contributed by atoms with Gasteiger partial charge in [0.25, 0.3) is 0 Å². The summed E-state index contributed by atoms with van der Waals surface area (Å²) in [7, 11) is 2.21. The van der Waals surface area contributed by atoms with Crippen LogP contribution in [0.25, 0.3) is 5.57 Å². The molecular formula is C28H39FN6O. The number of likely N-dealkylation sites (tertiary alicyclic amines) is 1. The Morgan fingerprint density at radius 1 is 1.14 bits per heavy atom. The minimum atomic E-state index is -0.994. The molecule has 5 unspecified atom stereocenters. The van der Waals surface area contributed by atoms with Crippen LogP contribution in [0.5, 0.6) is 5.75 Å². The Labute approximate surface area is 213 Å². The number of piperidine rings is 1. The molecule has 6 rings (SSSR count). The van der Waals surface area contributed by atoms with Crippen molar-refractivity contribution in [2.24, 2.45) is 5.92 Å². The first-order valence-corrected chi connectivity index (χ1v) is 13.7. The molecule has 36 heavy (non-hydrogen) atoms. The van der Waals surface area contributed by atoms with Crippen LogP contribution in [0.15, 0.2) is 30.5 Å². The van der Waals surface area contributed by atoms with E-state index < -0.39 is 6.17 Å². The third-order valence-corrected chi connectivity index (χ3v) is 9.13. The van der Waals surface area contributed by atoms with Crippen LogP contribution < -0.4 is 10.9 Å². The van der Waals surface area contributed by atoms with E-state index in [1.165, 1.54) is 31.5 Å². The third kappa shape index (κ3) is 4.38. The molecule has 1 aliphatic carbocycles. The van der Waals surface area contributed by atoms with Crippen LogP contribution in [-0.4, -0.2) is 76.4 Å². The van der Waals surface area contributed by atoms with Crippen molar-refractivity contribution in [1.29, 1.82) is 0 Å². The van der Waals surface area contributed by atoms with Gasteiger partial charge in [-0.1, -0.05) is 19.1 Å². The van der Waals surface area contributed by atoms with Crippen molar-refractivity contribution in [3.05, 3.63) is 53.1 Å². The molecule has 3 fully saturated rings. The standard InChI is InChI=1S/C28H39FN6O/c1-3-17-14-20(36)4-5-21(17)22-6-7-23-26(25(22)29)32-33-27(23)28-30-15-24(31-28)18-8-13-35(16-18)19-9-11-34(2)12-10-19/h4-5,8,14-15,19,22-23,25-27,32-33,36H,3,6-7,9-13,16H2,1-2H3,(H,30,31). The van der Waals surface area contributed by atoms with Gasteiger partial charge in [0.1, 0.15) is 17.7 Å². The second-order valence-electron chi connectivity index (χ2n) is 11.2. The summed E-state index contributed by atoms with van der Waals surface area (Å²) >= 11 is 0. The van der Waals surface area contributed by atoms with E-state index >= 15 is 4.39 Å². The summed E-state index contributed by atoms with van der Waals surface area (Å²) in [5.74, 6) is 1.14. The van der Waals surface area contributed by atoms with E-state index in [-0.39, 0.29) is 29.7 Å².